The Morgan fingerprint density at radius 3 is 2.61 bits per heavy atom. The van der Waals surface area contributed by atoms with Crippen LogP contribution in [0.25, 0.3) is 0 Å². The Morgan fingerprint density at radius 1 is 1.11 bits per heavy atom. The molecule has 7 heteroatoms. The number of carbonyl (C=O) groups excluding carboxylic acids is 2. The van der Waals surface area contributed by atoms with E-state index in [1.807, 2.05) is 30.3 Å². The standard InChI is InChI=1S/C21H24N4O3/c1-28-21(27)25-12-10-24(11-13-25)19-9-7-16(14-22-19)23-20(26)18-8-6-15-4-2-3-5-17(15)18/h2-5,7,9,14,18H,6,8,10-13H2,1H3,(H,23,26). The molecule has 1 atom stereocenters. The van der Waals surface area contributed by atoms with Gasteiger partial charge in [0.2, 0.25) is 5.91 Å². The molecule has 2 aromatic rings. The number of anilines is 2. The molecule has 1 aliphatic heterocycles. The van der Waals surface area contributed by atoms with Gasteiger partial charge in [0.05, 0.1) is 24.9 Å². The highest BCUT2D eigenvalue weighted by Gasteiger charge is 2.28. The summed E-state index contributed by atoms with van der Waals surface area (Å²) in [4.78, 5) is 32.6. The van der Waals surface area contributed by atoms with Gasteiger partial charge < -0.3 is 19.9 Å². The molecule has 0 bridgehead atoms. The van der Waals surface area contributed by atoms with E-state index in [0.29, 0.717) is 31.9 Å². The van der Waals surface area contributed by atoms with E-state index in [4.69, 9.17) is 4.74 Å². The van der Waals surface area contributed by atoms with Gasteiger partial charge in [0.15, 0.2) is 0 Å². The van der Waals surface area contributed by atoms with Crippen molar-refractivity contribution in [1.29, 1.82) is 0 Å². The molecule has 0 radical (unpaired) electrons. The van der Waals surface area contributed by atoms with Crippen molar-refractivity contribution in [1.82, 2.24) is 9.88 Å². The fourth-order valence-corrected chi connectivity index (χ4v) is 3.95. The van der Waals surface area contributed by atoms with E-state index < -0.39 is 0 Å². The van der Waals surface area contributed by atoms with Crippen molar-refractivity contribution in [3.05, 3.63) is 53.7 Å². The summed E-state index contributed by atoms with van der Waals surface area (Å²) < 4.78 is 4.76. The SMILES string of the molecule is COC(=O)N1CCN(c2ccc(NC(=O)C3CCc4ccccc43)cn2)CC1. The van der Waals surface area contributed by atoms with Crippen LogP contribution in [-0.4, -0.2) is 55.2 Å². The van der Waals surface area contributed by atoms with Crippen molar-refractivity contribution in [2.75, 3.05) is 43.5 Å². The normalized spacial score (nSPS) is 18.5. The molecule has 7 nitrogen and oxygen atoms in total. The van der Waals surface area contributed by atoms with Gasteiger partial charge in [-0.05, 0) is 36.1 Å². The Hall–Kier alpha value is -3.09. The first-order valence-corrected chi connectivity index (χ1v) is 9.58. The number of carbonyl (C=O) groups is 2. The highest BCUT2D eigenvalue weighted by molar-refractivity contribution is 5.96. The maximum Gasteiger partial charge on any atom is 0.409 e. The summed E-state index contributed by atoms with van der Waals surface area (Å²) in [5.74, 6) is 0.766. The van der Waals surface area contributed by atoms with Crippen molar-refractivity contribution in [2.45, 2.75) is 18.8 Å². The molecule has 1 aliphatic carbocycles. The smallest absolute Gasteiger partial charge is 0.409 e. The fourth-order valence-electron chi connectivity index (χ4n) is 3.95. The lowest BCUT2D eigenvalue weighted by molar-refractivity contribution is -0.117. The Labute approximate surface area is 164 Å². The summed E-state index contributed by atoms with van der Waals surface area (Å²) in [6.07, 6.45) is 3.20. The first-order valence-electron chi connectivity index (χ1n) is 9.58. The molecule has 0 spiro atoms. The molecular formula is C21H24N4O3. The molecule has 2 amide bonds. The van der Waals surface area contributed by atoms with Gasteiger partial charge in [-0.1, -0.05) is 24.3 Å². The third-order valence-electron chi connectivity index (χ3n) is 5.50. The number of hydrogen-bond acceptors (Lipinski definition) is 5. The van der Waals surface area contributed by atoms with E-state index in [9.17, 15) is 9.59 Å². The van der Waals surface area contributed by atoms with Gasteiger partial charge in [0.1, 0.15) is 5.82 Å². The third-order valence-corrected chi connectivity index (χ3v) is 5.50. The molecule has 1 aromatic heterocycles. The number of nitrogens with zero attached hydrogens (tertiary/aromatic N) is 3. The van der Waals surface area contributed by atoms with Crippen LogP contribution in [0.15, 0.2) is 42.6 Å². The zero-order valence-corrected chi connectivity index (χ0v) is 15.9. The number of aromatic nitrogens is 1. The summed E-state index contributed by atoms with van der Waals surface area (Å²) in [6.45, 7) is 2.61. The van der Waals surface area contributed by atoms with Crippen molar-refractivity contribution >= 4 is 23.5 Å². The first kappa shape index (κ1) is 18.3. The Kier molecular flexibility index (Phi) is 5.14. The molecule has 0 saturated carbocycles. The second kappa shape index (κ2) is 7.88. The molecule has 1 aromatic carbocycles. The maximum absolute atomic E-state index is 12.7. The van der Waals surface area contributed by atoms with Crippen molar-refractivity contribution in [3.8, 4) is 0 Å². The van der Waals surface area contributed by atoms with Crippen LogP contribution in [-0.2, 0) is 16.0 Å². The largest absolute Gasteiger partial charge is 0.453 e. The van der Waals surface area contributed by atoms with Gasteiger partial charge in [-0.2, -0.15) is 0 Å². The number of benzene rings is 1. The first-order chi connectivity index (χ1) is 13.7. The minimum Gasteiger partial charge on any atom is -0.453 e. The van der Waals surface area contributed by atoms with E-state index in [-0.39, 0.29) is 17.9 Å². The van der Waals surface area contributed by atoms with Gasteiger partial charge in [0.25, 0.3) is 0 Å². The number of fused-ring (bicyclic) bond motifs is 1. The van der Waals surface area contributed by atoms with Crippen molar-refractivity contribution in [2.24, 2.45) is 0 Å². The molecule has 4 rings (SSSR count). The summed E-state index contributed by atoms with van der Waals surface area (Å²) in [5.41, 5.74) is 3.10. The van der Waals surface area contributed by atoms with Crippen molar-refractivity contribution in [3.63, 3.8) is 0 Å². The summed E-state index contributed by atoms with van der Waals surface area (Å²) >= 11 is 0. The second-order valence-electron chi connectivity index (χ2n) is 7.13. The van der Waals surface area contributed by atoms with Crippen LogP contribution in [0.2, 0.25) is 0 Å². The van der Waals surface area contributed by atoms with E-state index >= 15 is 0 Å². The average Bonchev–Trinajstić information content (AvgIpc) is 3.18. The van der Waals surface area contributed by atoms with Crippen LogP contribution in [0, 0.1) is 0 Å². The van der Waals surface area contributed by atoms with E-state index in [1.54, 1.807) is 11.1 Å². The highest BCUT2D eigenvalue weighted by atomic mass is 16.5. The number of nitrogens with one attached hydrogen (secondary N) is 1. The topological polar surface area (TPSA) is 74.8 Å². The Bertz CT molecular complexity index is 860. The van der Waals surface area contributed by atoms with Crippen LogP contribution in [0.3, 0.4) is 0 Å². The fraction of sp³-hybridized carbons (Fsp3) is 0.381. The highest BCUT2D eigenvalue weighted by Crippen LogP contribution is 2.33. The number of hydrogen-bond donors (Lipinski definition) is 1. The number of rotatable bonds is 3. The summed E-state index contributed by atoms with van der Waals surface area (Å²) in [7, 11) is 1.40. The molecule has 1 unspecified atom stereocenters. The summed E-state index contributed by atoms with van der Waals surface area (Å²) in [6, 6.07) is 11.9. The Balaban J connectivity index is 1.35. The third kappa shape index (κ3) is 3.65. The lowest BCUT2D eigenvalue weighted by Crippen LogP contribution is -2.49. The quantitative estimate of drug-likeness (QED) is 0.886. The van der Waals surface area contributed by atoms with Gasteiger partial charge in [-0.25, -0.2) is 9.78 Å². The van der Waals surface area contributed by atoms with Crippen LogP contribution in [0.1, 0.15) is 23.5 Å². The molecule has 1 N–H and O–H groups in total. The Morgan fingerprint density at radius 2 is 1.89 bits per heavy atom. The number of aryl methyl sites for hydroxylation is 1. The van der Waals surface area contributed by atoms with Gasteiger partial charge in [-0.15, -0.1) is 0 Å². The van der Waals surface area contributed by atoms with Crippen LogP contribution in [0.5, 0.6) is 0 Å². The van der Waals surface area contributed by atoms with Gasteiger partial charge in [-0.3, -0.25) is 4.79 Å². The monoisotopic (exact) mass is 380 g/mol. The molecule has 146 valence electrons. The average molecular weight is 380 g/mol. The zero-order chi connectivity index (χ0) is 19.5. The maximum atomic E-state index is 12.7. The zero-order valence-electron chi connectivity index (χ0n) is 15.9. The van der Waals surface area contributed by atoms with Crippen LogP contribution < -0.4 is 10.2 Å². The van der Waals surface area contributed by atoms with E-state index in [0.717, 1.165) is 24.2 Å². The van der Waals surface area contributed by atoms with Crippen LogP contribution >= 0.6 is 0 Å². The molecule has 2 heterocycles. The number of piperazine rings is 1. The van der Waals surface area contributed by atoms with E-state index in [2.05, 4.69) is 21.3 Å². The summed E-state index contributed by atoms with van der Waals surface area (Å²) in [5, 5.41) is 3.00. The number of ether oxygens (including phenoxy) is 1. The second-order valence-corrected chi connectivity index (χ2v) is 7.13. The molecule has 2 aliphatic rings. The van der Waals surface area contributed by atoms with Gasteiger partial charge >= 0.3 is 6.09 Å². The lowest BCUT2D eigenvalue weighted by Gasteiger charge is -2.34. The minimum absolute atomic E-state index is 0.0196. The number of pyridine rings is 1. The van der Waals surface area contributed by atoms with Gasteiger partial charge in [0, 0.05) is 26.2 Å². The molecular weight excluding hydrogens is 356 g/mol. The predicted molar refractivity (Wildman–Crippen MR) is 107 cm³/mol. The van der Waals surface area contributed by atoms with E-state index in [1.165, 1.54) is 12.7 Å². The lowest BCUT2D eigenvalue weighted by atomic mass is 10.0. The molecule has 28 heavy (non-hydrogen) atoms. The molecule has 1 saturated heterocycles. The predicted octanol–water partition coefficient (Wildman–Crippen LogP) is 2.64. The number of methoxy groups -OCH3 is 1. The van der Waals surface area contributed by atoms with Crippen LogP contribution in [0.4, 0.5) is 16.3 Å². The number of amides is 2. The minimum atomic E-state index is -0.292. The van der Waals surface area contributed by atoms with Crippen molar-refractivity contribution < 1.29 is 14.3 Å². The molecule has 1 fully saturated rings.